The average Bonchev–Trinajstić information content (AvgIpc) is 3.07. The predicted molar refractivity (Wildman–Crippen MR) is 120 cm³/mol. The maximum absolute atomic E-state index is 12.8. The molecule has 0 saturated carbocycles. The van der Waals surface area contributed by atoms with Gasteiger partial charge in [-0.15, -0.1) is 0 Å². The number of anilines is 1. The monoisotopic (exact) mass is 449 g/mol. The molecule has 1 atom stereocenters. The average molecular weight is 450 g/mol. The zero-order valence-corrected chi connectivity index (χ0v) is 18.8. The number of thioether (sulfide) groups is 1. The van der Waals surface area contributed by atoms with E-state index in [4.69, 9.17) is 25.8 Å². The maximum Gasteiger partial charge on any atom is 0.237 e. The van der Waals surface area contributed by atoms with Crippen LogP contribution in [0, 0.1) is 0 Å². The van der Waals surface area contributed by atoms with Crippen LogP contribution in [0.5, 0.6) is 11.5 Å². The van der Waals surface area contributed by atoms with Crippen LogP contribution in [-0.4, -0.2) is 48.6 Å². The van der Waals surface area contributed by atoms with Crippen LogP contribution in [0.2, 0.25) is 5.02 Å². The molecule has 3 rings (SSSR count). The minimum atomic E-state index is -0.393. The second-order valence-electron chi connectivity index (χ2n) is 6.52. The third-order valence-corrected chi connectivity index (χ3v) is 5.79. The lowest BCUT2D eigenvalue weighted by Crippen LogP contribution is -2.23. The van der Waals surface area contributed by atoms with Gasteiger partial charge in [-0.3, -0.25) is 4.79 Å². The number of halogens is 1. The first kappa shape index (κ1) is 22.3. The van der Waals surface area contributed by atoms with Crippen molar-refractivity contribution in [2.45, 2.75) is 23.9 Å². The van der Waals surface area contributed by atoms with Crippen LogP contribution >= 0.6 is 23.4 Å². The molecule has 0 fully saturated rings. The number of amides is 1. The quantitative estimate of drug-likeness (QED) is 0.486. The Morgan fingerprint density at radius 2 is 1.87 bits per heavy atom. The van der Waals surface area contributed by atoms with E-state index in [9.17, 15) is 4.79 Å². The minimum Gasteiger partial charge on any atom is -0.497 e. The molecule has 0 spiro atoms. The van der Waals surface area contributed by atoms with Gasteiger partial charge in [0.15, 0.2) is 5.16 Å². The molecule has 1 heterocycles. The molecule has 0 aliphatic carbocycles. The summed E-state index contributed by atoms with van der Waals surface area (Å²) in [5.41, 5.74) is 2.33. The number of hydrogen-bond donors (Lipinski definition) is 1. The molecule has 0 radical (unpaired) electrons. The molecule has 7 nitrogen and oxygen atoms in total. The fraction of sp³-hybridized carbons (Fsp3) is 0.333. The second kappa shape index (κ2) is 10.1. The van der Waals surface area contributed by atoms with Crippen molar-refractivity contribution in [1.82, 2.24) is 9.55 Å². The molecule has 0 aliphatic heterocycles. The van der Waals surface area contributed by atoms with Crippen molar-refractivity contribution in [3.05, 3.63) is 41.4 Å². The lowest BCUT2D eigenvalue weighted by atomic mass is 10.2. The highest BCUT2D eigenvalue weighted by Gasteiger charge is 2.20. The number of rotatable bonds is 9. The summed E-state index contributed by atoms with van der Waals surface area (Å²) in [6, 6.07) is 10.8. The third kappa shape index (κ3) is 5.19. The fourth-order valence-electron chi connectivity index (χ4n) is 2.90. The minimum absolute atomic E-state index is 0.154. The molecule has 1 N–H and O–H groups in total. The number of hydrogen-bond acceptors (Lipinski definition) is 6. The Kier molecular flexibility index (Phi) is 7.47. The van der Waals surface area contributed by atoms with Crippen molar-refractivity contribution >= 4 is 46.0 Å². The molecule has 30 heavy (non-hydrogen) atoms. The predicted octanol–water partition coefficient (Wildman–Crippen LogP) is 4.47. The summed E-state index contributed by atoms with van der Waals surface area (Å²) in [7, 11) is 4.78. The first-order chi connectivity index (χ1) is 14.4. The van der Waals surface area contributed by atoms with E-state index in [0.29, 0.717) is 35.4 Å². The van der Waals surface area contributed by atoms with Gasteiger partial charge in [-0.1, -0.05) is 23.4 Å². The van der Waals surface area contributed by atoms with E-state index in [1.165, 1.54) is 11.8 Å². The van der Waals surface area contributed by atoms with Gasteiger partial charge in [-0.25, -0.2) is 4.98 Å². The van der Waals surface area contributed by atoms with Crippen LogP contribution in [0.3, 0.4) is 0 Å². The molecule has 0 bridgehead atoms. The van der Waals surface area contributed by atoms with Gasteiger partial charge in [0.2, 0.25) is 5.91 Å². The number of carbonyl (C=O) groups excluding carboxylic acids is 1. The maximum atomic E-state index is 12.8. The van der Waals surface area contributed by atoms with Gasteiger partial charge < -0.3 is 24.1 Å². The topological polar surface area (TPSA) is 74.6 Å². The van der Waals surface area contributed by atoms with Gasteiger partial charge in [0.1, 0.15) is 11.5 Å². The Bertz CT molecular complexity index is 1020. The van der Waals surface area contributed by atoms with Crippen molar-refractivity contribution in [3.8, 4) is 11.5 Å². The van der Waals surface area contributed by atoms with Crippen molar-refractivity contribution in [2.75, 3.05) is 33.3 Å². The highest BCUT2D eigenvalue weighted by Crippen LogP contribution is 2.30. The molecule has 2 aromatic carbocycles. The van der Waals surface area contributed by atoms with E-state index in [1.807, 2.05) is 29.7 Å². The zero-order valence-electron chi connectivity index (χ0n) is 17.3. The van der Waals surface area contributed by atoms with E-state index in [1.54, 1.807) is 39.5 Å². The van der Waals surface area contributed by atoms with Crippen LogP contribution in [0.1, 0.15) is 6.92 Å². The standard InChI is InChI=1S/C21H24ClN3O4S/c1-13(20(26)23-15-10-16(28-3)12-17(11-15)29-4)30-21-24-18-9-14(22)5-6-19(18)25(21)7-8-27-2/h5-6,9-13H,7-8H2,1-4H3,(H,23,26). The number of aromatic nitrogens is 2. The van der Waals surface area contributed by atoms with Crippen molar-refractivity contribution in [3.63, 3.8) is 0 Å². The van der Waals surface area contributed by atoms with Gasteiger partial charge >= 0.3 is 0 Å². The highest BCUT2D eigenvalue weighted by molar-refractivity contribution is 8.00. The molecule has 3 aromatic rings. The number of carbonyl (C=O) groups is 1. The Balaban J connectivity index is 1.80. The molecule has 9 heteroatoms. The molecule has 1 aromatic heterocycles. The summed E-state index contributed by atoms with van der Waals surface area (Å²) in [5, 5.41) is 3.87. The molecular weight excluding hydrogens is 426 g/mol. The second-order valence-corrected chi connectivity index (χ2v) is 8.27. The van der Waals surface area contributed by atoms with Crippen molar-refractivity contribution < 1.29 is 19.0 Å². The molecular formula is C21H24ClN3O4S. The van der Waals surface area contributed by atoms with E-state index in [-0.39, 0.29) is 5.91 Å². The molecule has 1 amide bonds. The van der Waals surface area contributed by atoms with Crippen LogP contribution < -0.4 is 14.8 Å². The molecule has 0 aliphatic rings. The van der Waals surface area contributed by atoms with Gasteiger partial charge in [-0.2, -0.15) is 0 Å². The largest absolute Gasteiger partial charge is 0.497 e. The van der Waals surface area contributed by atoms with E-state index < -0.39 is 5.25 Å². The Morgan fingerprint density at radius 3 is 2.50 bits per heavy atom. The number of benzene rings is 2. The summed E-state index contributed by atoms with van der Waals surface area (Å²) in [6.45, 7) is 2.99. The van der Waals surface area contributed by atoms with Crippen LogP contribution in [0.25, 0.3) is 11.0 Å². The van der Waals surface area contributed by atoms with Gasteiger partial charge in [0.05, 0.1) is 37.1 Å². The summed E-state index contributed by atoms with van der Waals surface area (Å²) in [4.78, 5) is 17.5. The Morgan fingerprint density at radius 1 is 1.17 bits per heavy atom. The van der Waals surface area contributed by atoms with Crippen LogP contribution in [-0.2, 0) is 16.1 Å². The van der Waals surface area contributed by atoms with Gasteiger partial charge in [0, 0.05) is 42.6 Å². The summed E-state index contributed by atoms with van der Waals surface area (Å²) < 4.78 is 17.8. The Hall–Kier alpha value is -2.42. The number of nitrogens with one attached hydrogen (secondary N) is 1. The van der Waals surface area contributed by atoms with E-state index >= 15 is 0 Å². The number of nitrogens with zero attached hydrogens (tertiary/aromatic N) is 2. The zero-order chi connectivity index (χ0) is 21.7. The molecule has 160 valence electrons. The van der Waals surface area contributed by atoms with Crippen molar-refractivity contribution in [1.29, 1.82) is 0 Å². The summed E-state index contributed by atoms with van der Waals surface area (Å²) in [5.74, 6) is 1.05. The van der Waals surface area contributed by atoms with E-state index in [0.717, 1.165) is 16.2 Å². The van der Waals surface area contributed by atoms with Crippen LogP contribution in [0.15, 0.2) is 41.6 Å². The van der Waals surface area contributed by atoms with Crippen LogP contribution in [0.4, 0.5) is 5.69 Å². The number of ether oxygens (including phenoxy) is 3. The summed E-state index contributed by atoms with van der Waals surface area (Å²) >= 11 is 7.49. The number of methoxy groups -OCH3 is 3. The molecule has 0 saturated heterocycles. The van der Waals surface area contributed by atoms with Gasteiger partial charge in [-0.05, 0) is 25.1 Å². The first-order valence-electron chi connectivity index (χ1n) is 9.30. The lowest BCUT2D eigenvalue weighted by Gasteiger charge is -2.14. The number of imidazole rings is 1. The fourth-order valence-corrected chi connectivity index (χ4v) is 4.02. The molecule has 1 unspecified atom stereocenters. The Labute approximate surface area is 184 Å². The first-order valence-corrected chi connectivity index (χ1v) is 10.6. The van der Waals surface area contributed by atoms with E-state index in [2.05, 4.69) is 10.3 Å². The normalized spacial score (nSPS) is 12.0. The SMILES string of the molecule is COCCn1c(SC(C)C(=O)Nc2cc(OC)cc(OC)c2)nc2cc(Cl)ccc21. The highest BCUT2D eigenvalue weighted by atomic mass is 35.5. The van der Waals surface area contributed by atoms with Gasteiger partial charge in [0.25, 0.3) is 0 Å². The van der Waals surface area contributed by atoms with Crippen molar-refractivity contribution in [2.24, 2.45) is 0 Å². The number of fused-ring (bicyclic) bond motifs is 1. The smallest absolute Gasteiger partial charge is 0.237 e. The summed E-state index contributed by atoms with van der Waals surface area (Å²) in [6.07, 6.45) is 0. The third-order valence-electron chi connectivity index (χ3n) is 4.46. The lowest BCUT2D eigenvalue weighted by molar-refractivity contribution is -0.115.